The molecule has 1 N–H and O–H groups in total. The average molecular weight is 288 g/mol. The summed E-state index contributed by atoms with van der Waals surface area (Å²) in [5, 5.41) is 3.69. The fourth-order valence-electron chi connectivity index (χ4n) is 3.77. The lowest BCUT2D eigenvalue weighted by Crippen LogP contribution is -2.43. The van der Waals surface area contributed by atoms with Crippen LogP contribution < -0.4 is 10.1 Å². The zero-order chi connectivity index (χ0) is 14.7. The van der Waals surface area contributed by atoms with Crippen LogP contribution in [0, 0.1) is 0 Å². The monoisotopic (exact) mass is 288 g/mol. The molecule has 0 bridgehead atoms. The summed E-state index contributed by atoms with van der Waals surface area (Å²) in [7, 11) is 0. The molecule has 3 nitrogen and oxygen atoms in total. The Morgan fingerprint density at radius 2 is 2.19 bits per heavy atom. The van der Waals surface area contributed by atoms with Crippen molar-refractivity contribution in [3.63, 3.8) is 0 Å². The Morgan fingerprint density at radius 3 is 2.95 bits per heavy atom. The predicted molar refractivity (Wildman–Crippen MR) is 86.7 cm³/mol. The van der Waals surface area contributed by atoms with Crippen molar-refractivity contribution in [2.45, 2.75) is 64.3 Å². The second-order valence-electron chi connectivity index (χ2n) is 6.70. The highest BCUT2D eigenvalue weighted by molar-refractivity contribution is 5.28. The van der Waals surface area contributed by atoms with Crippen molar-refractivity contribution in [1.82, 2.24) is 10.2 Å². The number of ether oxygens (including phenoxy) is 1. The normalized spacial score (nSPS) is 26.6. The lowest BCUT2D eigenvalue weighted by atomic mass is 10.0. The van der Waals surface area contributed by atoms with E-state index in [9.17, 15) is 0 Å². The van der Waals surface area contributed by atoms with Crippen molar-refractivity contribution < 1.29 is 4.74 Å². The van der Waals surface area contributed by atoms with Crippen LogP contribution in [0.25, 0.3) is 0 Å². The average Bonchev–Trinajstić information content (AvgIpc) is 3.08. The Kier molecular flexibility index (Phi) is 4.81. The zero-order valence-corrected chi connectivity index (χ0v) is 13.3. The molecule has 0 aromatic heterocycles. The SMILES string of the molecule is CC(C)Oc1cccc(CN2CCCC2C2CCCN2)c1. The maximum Gasteiger partial charge on any atom is 0.120 e. The maximum atomic E-state index is 5.82. The van der Waals surface area contributed by atoms with E-state index in [1.54, 1.807) is 0 Å². The first kappa shape index (κ1) is 14.9. The van der Waals surface area contributed by atoms with E-state index in [0.29, 0.717) is 6.04 Å². The van der Waals surface area contributed by atoms with Gasteiger partial charge in [-0.05, 0) is 70.3 Å². The summed E-state index contributed by atoms with van der Waals surface area (Å²) in [4.78, 5) is 2.66. The van der Waals surface area contributed by atoms with Crippen molar-refractivity contribution >= 4 is 0 Å². The number of likely N-dealkylation sites (tertiary alicyclic amines) is 1. The highest BCUT2D eigenvalue weighted by Gasteiger charge is 2.32. The summed E-state index contributed by atoms with van der Waals surface area (Å²) in [5.74, 6) is 0.997. The number of rotatable bonds is 5. The van der Waals surface area contributed by atoms with Gasteiger partial charge in [0.15, 0.2) is 0 Å². The van der Waals surface area contributed by atoms with E-state index in [1.807, 2.05) is 0 Å². The fourth-order valence-corrected chi connectivity index (χ4v) is 3.77. The minimum Gasteiger partial charge on any atom is -0.491 e. The molecule has 2 fully saturated rings. The van der Waals surface area contributed by atoms with Crippen LogP contribution in [0.1, 0.15) is 45.1 Å². The van der Waals surface area contributed by atoms with Crippen LogP contribution in [0.3, 0.4) is 0 Å². The summed E-state index contributed by atoms with van der Waals surface area (Å²) in [6.07, 6.45) is 5.61. The highest BCUT2D eigenvalue weighted by atomic mass is 16.5. The molecule has 1 aromatic rings. The van der Waals surface area contributed by atoms with E-state index >= 15 is 0 Å². The smallest absolute Gasteiger partial charge is 0.120 e. The molecule has 2 heterocycles. The van der Waals surface area contributed by atoms with E-state index in [4.69, 9.17) is 4.74 Å². The summed E-state index contributed by atoms with van der Waals surface area (Å²) < 4.78 is 5.82. The Morgan fingerprint density at radius 1 is 1.29 bits per heavy atom. The third-order valence-corrected chi connectivity index (χ3v) is 4.63. The summed E-state index contributed by atoms with van der Waals surface area (Å²) in [6.45, 7) is 7.65. The molecule has 2 saturated heterocycles. The molecule has 116 valence electrons. The van der Waals surface area contributed by atoms with Gasteiger partial charge in [0.2, 0.25) is 0 Å². The van der Waals surface area contributed by atoms with Crippen LogP contribution in [0.5, 0.6) is 5.75 Å². The van der Waals surface area contributed by atoms with Crippen molar-refractivity contribution in [3.05, 3.63) is 29.8 Å². The van der Waals surface area contributed by atoms with E-state index < -0.39 is 0 Å². The highest BCUT2D eigenvalue weighted by Crippen LogP contribution is 2.27. The van der Waals surface area contributed by atoms with Gasteiger partial charge in [-0.3, -0.25) is 4.90 Å². The van der Waals surface area contributed by atoms with Crippen molar-refractivity contribution in [3.8, 4) is 5.75 Å². The molecule has 0 radical (unpaired) electrons. The van der Waals surface area contributed by atoms with Crippen molar-refractivity contribution in [1.29, 1.82) is 0 Å². The van der Waals surface area contributed by atoms with Gasteiger partial charge in [0.1, 0.15) is 5.75 Å². The summed E-state index contributed by atoms with van der Waals surface area (Å²) in [6, 6.07) is 10.0. The molecule has 0 amide bonds. The minimum atomic E-state index is 0.238. The van der Waals surface area contributed by atoms with Crippen LogP contribution in [-0.2, 0) is 6.54 Å². The van der Waals surface area contributed by atoms with Gasteiger partial charge in [-0.1, -0.05) is 12.1 Å². The Balaban J connectivity index is 1.64. The van der Waals surface area contributed by atoms with Crippen molar-refractivity contribution in [2.75, 3.05) is 13.1 Å². The molecule has 21 heavy (non-hydrogen) atoms. The molecule has 0 aliphatic carbocycles. The van der Waals surface area contributed by atoms with Crippen LogP contribution >= 0.6 is 0 Å². The molecule has 2 aliphatic rings. The molecule has 0 saturated carbocycles. The molecule has 2 atom stereocenters. The van der Waals surface area contributed by atoms with E-state index in [1.165, 1.54) is 44.3 Å². The first-order valence-corrected chi connectivity index (χ1v) is 8.45. The van der Waals surface area contributed by atoms with Crippen LogP contribution in [0.2, 0.25) is 0 Å². The van der Waals surface area contributed by atoms with Gasteiger partial charge in [-0.25, -0.2) is 0 Å². The molecule has 3 heteroatoms. The van der Waals surface area contributed by atoms with Gasteiger partial charge < -0.3 is 10.1 Å². The molecule has 2 unspecified atom stereocenters. The number of nitrogens with one attached hydrogen (secondary N) is 1. The molecule has 1 aromatic carbocycles. The number of benzene rings is 1. The first-order chi connectivity index (χ1) is 10.2. The Hall–Kier alpha value is -1.06. The summed E-state index contributed by atoms with van der Waals surface area (Å²) in [5.41, 5.74) is 1.37. The third-order valence-electron chi connectivity index (χ3n) is 4.63. The van der Waals surface area contributed by atoms with E-state index in [2.05, 4.69) is 48.3 Å². The van der Waals surface area contributed by atoms with Gasteiger partial charge in [0.25, 0.3) is 0 Å². The zero-order valence-electron chi connectivity index (χ0n) is 13.3. The van der Waals surface area contributed by atoms with E-state index in [0.717, 1.165) is 18.3 Å². The van der Waals surface area contributed by atoms with Gasteiger partial charge >= 0.3 is 0 Å². The van der Waals surface area contributed by atoms with Crippen LogP contribution in [0.4, 0.5) is 0 Å². The third kappa shape index (κ3) is 3.78. The van der Waals surface area contributed by atoms with E-state index in [-0.39, 0.29) is 6.10 Å². The molecular weight excluding hydrogens is 260 g/mol. The van der Waals surface area contributed by atoms with Gasteiger partial charge in [0.05, 0.1) is 6.10 Å². The lowest BCUT2D eigenvalue weighted by Gasteiger charge is -2.29. The van der Waals surface area contributed by atoms with Crippen LogP contribution in [-0.4, -0.2) is 36.2 Å². The largest absolute Gasteiger partial charge is 0.491 e. The molecule has 3 rings (SSSR count). The standard InChI is InChI=1S/C18H28N2O/c1-14(2)21-16-7-3-6-15(12-16)13-20-11-5-9-18(20)17-8-4-10-19-17/h3,6-7,12,14,17-19H,4-5,8-11,13H2,1-2H3. The number of hydrogen-bond acceptors (Lipinski definition) is 3. The Bertz CT molecular complexity index is 454. The Labute approximate surface area is 128 Å². The minimum absolute atomic E-state index is 0.238. The molecule has 0 spiro atoms. The van der Waals surface area contributed by atoms with Gasteiger partial charge in [-0.2, -0.15) is 0 Å². The molecular formula is C18H28N2O. The van der Waals surface area contributed by atoms with Gasteiger partial charge in [-0.15, -0.1) is 0 Å². The first-order valence-electron chi connectivity index (χ1n) is 8.45. The van der Waals surface area contributed by atoms with Crippen molar-refractivity contribution in [2.24, 2.45) is 0 Å². The lowest BCUT2D eigenvalue weighted by molar-refractivity contribution is 0.205. The number of hydrogen-bond donors (Lipinski definition) is 1. The number of nitrogens with zero attached hydrogens (tertiary/aromatic N) is 1. The topological polar surface area (TPSA) is 24.5 Å². The summed E-state index contributed by atoms with van der Waals surface area (Å²) >= 11 is 0. The molecule has 2 aliphatic heterocycles. The second-order valence-corrected chi connectivity index (χ2v) is 6.70. The maximum absolute atomic E-state index is 5.82. The van der Waals surface area contributed by atoms with Crippen LogP contribution in [0.15, 0.2) is 24.3 Å². The second kappa shape index (κ2) is 6.80. The van der Waals surface area contributed by atoms with Gasteiger partial charge in [0, 0.05) is 18.6 Å². The quantitative estimate of drug-likeness (QED) is 0.900. The fraction of sp³-hybridized carbons (Fsp3) is 0.667. The predicted octanol–water partition coefficient (Wildman–Crippen LogP) is 3.19.